The van der Waals surface area contributed by atoms with Gasteiger partial charge in [-0.15, -0.1) is 0 Å². The van der Waals surface area contributed by atoms with Crippen molar-refractivity contribution in [3.05, 3.63) is 60.8 Å². The maximum absolute atomic E-state index is 12.4. The monoisotopic (exact) mass is 399 g/mol. The van der Waals surface area contributed by atoms with Crippen LogP contribution in [0.4, 0.5) is 11.6 Å². The lowest BCUT2D eigenvalue weighted by Crippen LogP contribution is -2.29. The van der Waals surface area contributed by atoms with Crippen molar-refractivity contribution < 1.29 is 4.92 Å². The maximum Gasteiger partial charge on any atom is 0.329 e. The number of benzene rings is 1. The molecular formula is C18H21N7O4. The van der Waals surface area contributed by atoms with Crippen LogP contribution in [0.15, 0.2) is 39.0 Å². The van der Waals surface area contributed by atoms with Crippen molar-refractivity contribution in [3.63, 3.8) is 0 Å². The molecule has 2 heterocycles. The summed E-state index contributed by atoms with van der Waals surface area (Å²) in [5, 5.41) is 15.0. The van der Waals surface area contributed by atoms with E-state index >= 15 is 0 Å². The highest BCUT2D eigenvalue weighted by molar-refractivity contribution is 5.81. The lowest BCUT2D eigenvalue weighted by atomic mass is 10.2. The van der Waals surface area contributed by atoms with Crippen molar-refractivity contribution in [2.24, 2.45) is 12.1 Å². The number of hydrazone groups is 1. The highest BCUT2D eigenvalue weighted by Gasteiger charge is 2.16. The predicted molar refractivity (Wildman–Crippen MR) is 109 cm³/mol. The predicted octanol–water partition coefficient (Wildman–Crippen LogP) is 1.97. The van der Waals surface area contributed by atoms with Crippen molar-refractivity contribution in [3.8, 4) is 0 Å². The Labute approximate surface area is 164 Å². The number of fused-ring (bicyclic) bond motifs is 1. The highest BCUT2D eigenvalue weighted by atomic mass is 16.6. The Morgan fingerprint density at radius 1 is 1.34 bits per heavy atom. The second kappa shape index (κ2) is 8.50. The van der Waals surface area contributed by atoms with Crippen molar-refractivity contribution in [2.75, 3.05) is 5.43 Å². The first-order valence-corrected chi connectivity index (χ1v) is 9.15. The van der Waals surface area contributed by atoms with E-state index < -0.39 is 16.2 Å². The highest BCUT2D eigenvalue weighted by Crippen LogP contribution is 2.17. The van der Waals surface area contributed by atoms with Crippen LogP contribution in [0.2, 0.25) is 0 Å². The lowest BCUT2D eigenvalue weighted by molar-refractivity contribution is -0.384. The van der Waals surface area contributed by atoms with Gasteiger partial charge in [0.2, 0.25) is 5.95 Å². The molecule has 0 unspecified atom stereocenters. The molecule has 0 aliphatic carbocycles. The number of hydrogen-bond acceptors (Lipinski definition) is 7. The molecule has 0 aliphatic heterocycles. The Morgan fingerprint density at radius 3 is 2.86 bits per heavy atom. The maximum atomic E-state index is 12.4. The first-order valence-electron chi connectivity index (χ1n) is 9.15. The normalized spacial score (nSPS) is 11.4. The number of hydrogen-bond donors (Lipinski definition) is 2. The van der Waals surface area contributed by atoms with Gasteiger partial charge in [-0.05, 0) is 6.42 Å². The SMILES string of the molecule is CCCCCn1c(N/N=C\c2cccc([N+](=O)[O-])c2)nc2c1c(=O)[nH]c(=O)n2C. The Kier molecular flexibility index (Phi) is 5.86. The van der Waals surface area contributed by atoms with E-state index in [1.807, 2.05) is 0 Å². The van der Waals surface area contributed by atoms with Gasteiger partial charge in [-0.1, -0.05) is 31.9 Å². The van der Waals surface area contributed by atoms with Gasteiger partial charge in [-0.2, -0.15) is 10.1 Å². The minimum absolute atomic E-state index is 0.0395. The smallest absolute Gasteiger partial charge is 0.303 e. The Hall–Kier alpha value is -3.76. The number of unbranched alkanes of at least 4 members (excludes halogenated alkanes) is 2. The number of nitro groups is 1. The topological polar surface area (TPSA) is 140 Å². The van der Waals surface area contributed by atoms with Crippen LogP contribution in [0, 0.1) is 10.1 Å². The van der Waals surface area contributed by atoms with Crippen LogP contribution < -0.4 is 16.7 Å². The second-order valence-electron chi connectivity index (χ2n) is 6.51. The zero-order chi connectivity index (χ0) is 21.0. The standard InChI is InChI=1S/C18H21N7O4/c1-3-4-5-9-24-14-15(23(2)18(27)21-16(14)26)20-17(24)22-19-11-12-7-6-8-13(10-12)25(28)29/h6-8,10-11H,3-5,9H2,1-2H3,(H,20,22)(H,21,26,27)/b19-11-. The van der Waals surface area contributed by atoms with Crippen LogP contribution in [-0.4, -0.2) is 30.2 Å². The number of nitrogens with zero attached hydrogens (tertiary/aromatic N) is 5. The first-order chi connectivity index (χ1) is 13.9. The zero-order valence-corrected chi connectivity index (χ0v) is 16.1. The molecule has 11 nitrogen and oxygen atoms in total. The molecule has 0 atom stereocenters. The van der Waals surface area contributed by atoms with Crippen LogP contribution in [0.1, 0.15) is 31.7 Å². The number of aromatic nitrogens is 4. The van der Waals surface area contributed by atoms with Gasteiger partial charge < -0.3 is 4.57 Å². The van der Waals surface area contributed by atoms with Crippen molar-refractivity contribution in [1.82, 2.24) is 19.1 Å². The second-order valence-corrected chi connectivity index (χ2v) is 6.51. The number of nitrogens with one attached hydrogen (secondary N) is 2. The number of non-ortho nitro benzene ring substituents is 1. The average molecular weight is 399 g/mol. The van der Waals surface area contributed by atoms with Crippen LogP contribution in [0.3, 0.4) is 0 Å². The van der Waals surface area contributed by atoms with E-state index in [2.05, 4.69) is 27.4 Å². The summed E-state index contributed by atoms with van der Waals surface area (Å²) >= 11 is 0. The Balaban J connectivity index is 1.96. The molecule has 0 saturated heterocycles. The van der Waals surface area contributed by atoms with Gasteiger partial charge in [0.25, 0.3) is 11.2 Å². The fourth-order valence-electron chi connectivity index (χ4n) is 2.94. The van der Waals surface area contributed by atoms with E-state index in [0.29, 0.717) is 18.1 Å². The number of H-pyrrole nitrogens is 1. The van der Waals surface area contributed by atoms with E-state index in [1.54, 1.807) is 16.7 Å². The minimum Gasteiger partial charge on any atom is -0.303 e. The summed E-state index contributed by atoms with van der Waals surface area (Å²) in [6.07, 6.45) is 4.23. The summed E-state index contributed by atoms with van der Waals surface area (Å²) in [5.74, 6) is 0.310. The molecule has 29 heavy (non-hydrogen) atoms. The first kappa shape index (κ1) is 20.0. The molecule has 0 spiro atoms. The molecule has 1 aromatic carbocycles. The zero-order valence-electron chi connectivity index (χ0n) is 16.1. The molecule has 0 fully saturated rings. The van der Waals surface area contributed by atoms with E-state index in [9.17, 15) is 19.7 Å². The summed E-state index contributed by atoms with van der Waals surface area (Å²) in [4.78, 5) is 41.3. The lowest BCUT2D eigenvalue weighted by Gasteiger charge is -2.07. The van der Waals surface area contributed by atoms with Gasteiger partial charge in [-0.25, -0.2) is 10.2 Å². The Bertz CT molecular complexity index is 1190. The van der Waals surface area contributed by atoms with Gasteiger partial charge in [0, 0.05) is 31.3 Å². The largest absolute Gasteiger partial charge is 0.329 e. The molecule has 0 saturated carbocycles. The number of imidazole rings is 1. The van der Waals surface area contributed by atoms with Gasteiger partial charge in [0.15, 0.2) is 11.2 Å². The number of nitro benzene ring substituents is 1. The molecule has 2 N–H and O–H groups in total. The number of rotatable bonds is 8. The molecule has 152 valence electrons. The third-order valence-corrected chi connectivity index (χ3v) is 4.45. The average Bonchev–Trinajstić information content (AvgIpc) is 3.06. The summed E-state index contributed by atoms with van der Waals surface area (Å²) < 4.78 is 2.95. The van der Waals surface area contributed by atoms with Crippen molar-refractivity contribution >= 4 is 29.0 Å². The number of anilines is 1. The fraction of sp³-hybridized carbons (Fsp3) is 0.333. The molecule has 0 aliphatic rings. The number of aromatic amines is 1. The van der Waals surface area contributed by atoms with Crippen LogP contribution >= 0.6 is 0 Å². The van der Waals surface area contributed by atoms with E-state index in [0.717, 1.165) is 19.3 Å². The van der Waals surface area contributed by atoms with E-state index in [1.165, 1.54) is 30.0 Å². The fourth-order valence-corrected chi connectivity index (χ4v) is 2.94. The summed E-state index contributed by atoms with van der Waals surface area (Å²) in [6.45, 7) is 2.60. The summed E-state index contributed by atoms with van der Waals surface area (Å²) in [5.41, 5.74) is 2.76. The van der Waals surface area contributed by atoms with Gasteiger partial charge in [0.05, 0.1) is 11.1 Å². The van der Waals surface area contributed by atoms with Crippen LogP contribution in [0.25, 0.3) is 11.2 Å². The molecule has 0 radical (unpaired) electrons. The van der Waals surface area contributed by atoms with Crippen molar-refractivity contribution in [1.29, 1.82) is 0 Å². The quantitative estimate of drug-likeness (QED) is 0.257. The molecule has 3 aromatic rings. The molecule has 11 heteroatoms. The summed E-state index contributed by atoms with van der Waals surface area (Å²) in [7, 11) is 1.53. The molecule has 2 aromatic heterocycles. The minimum atomic E-state index is -0.549. The molecule has 3 rings (SSSR count). The molecule has 0 bridgehead atoms. The van der Waals surface area contributed by atoms with E-state index in [4.69, 9.17) is 0 Å². The van der Waals surface area contributed by atoms with Gasteiger partial charge in [0.1, 0.15) is 0 Å². The molecule has 0 amide bonds. The van der Waals surface area contributed by atoms with Crippen LogP contribution in [0.5, 0.6) is 0 Å². The summed E-state index contributed by atoms with van der Waals surface area (Å²) in [6, 6.07) is 6.03. The van der Waals surface area contributed by atoms with E-state index in [-0.39, 0.29) is 16.9 Å². The Morgan fingerprint density at radius 2 is 2.14 bits per heavy atom. The third kappa shape index (κ3) is 4.23. The van der Waals surface area contributed by atoms with Gasteiger partial charge >= 0.3 is 5.69 Å². The van der Waals surface area contributed by atoms with Gasteiger partial charge in [-0.3, -0.25) is 24.5 Å². The van der Waals surface area contributed by atoms with Crippen LogP contribution in [-0.2, 0) is 13.6 Å². The van der Waals surface area contributed by atoms with Crippen molar-refractivity contribution in [2.45, 2.75) is 32.7 Å². The number of aryl methyl sites for hydroxylation is 2. The molecular weight excluding hydrogens is 378 g/mol. The third-order valence-electron chi connectivity index (χ3n) is 4.45.